The molecule has 0 amide bonds. The molecule has 5 heteroatoms. The third kappa shape index (κ3) is 1.92. The fourth-order valence-corrected chi connectivity index (χ4v) is 1.98. The average molecular weight is 256 g/mol. The van der Waals surface area contributed by atoms with E-state index in [0.717, 1.165) is 23.4 Å². The smallest absolute Gasteiger partial charge is 0.146 e. The van der Waals surface area contributed by atoms with Crippen molar-refractivity contribution in [3.8, 4) is 0 Å². The number of piperidine rings is 1. The van der Waals surface area contributed by atoms with E-state index in [1.165, 1.54) is 6.33 Å². The van der Waals surface area contributed by atoms with Crippen molar-refractivity contribution in [3.05, 3.63) is 17.0 Å². The van der Waals surface area contributed by atoms with Gasteiger partial charge < -0.3 is 4.90 Å². The maximum Gasteiger partial charge on any atom is 0.146 e. The molecule has 2 rings (SSSR count). The summed E-state index contributed by atoms with van der Waals surface area (Å²) in [6.45, 7) is 1.52. The molecule has 0 aliphatic carbocycles. The molecule has 2 heterocycles. The lowest BCUT2D eigenvalue weighted by Crippen LogP contribution is -2.34. The zero-order valence-electron chi connectivity index (χ0n) is 7.61. The van der Waals surface area contributed by atoms with E-state index in [-0.39, 0.29) is 0 Å². The molecule has 0 spiro atoms. The molecule has 1 aliphatic heterocycles. The van der Waals surface area contributed by atoms with Crippen LogP contribution >= 0.6 is 15.9 Å². The monoisotopic (exact) mass is 255 g/mol. The minimum atomic E-state index is 0.339. The zero-order chi connectivity index (χ0) is 9.97. The van der Waals surface area contributed by atoms with Crippen molar-refractivity contribution >= 4 is 27.5 Å². The highest BCUT2D eigenvalue weighted by Crippen LogP contribution is 2.23. The lowest BCUT2D eigenvalue weighted by molar-refractivity contribution is -0.119. The lowest BCUT2D eigenvalue weighted by atomic mass is 10.1. The van der Waals surface area contributed by atoms with Gasteiger partial charge in [0.1, 0.15) is 17.9 Å². The van der Waals surface area contributed by atoms with Crippen LogP contribution in [0.3, 0.4) is 0 Å². The summed E-state index contributed by atoms with van der Waals surface area (Å²) in [5.41, 5.74) is 0. The highest BCUT2D eigenvalue weighted by molar-refractivity contribution is 9.10. The van der Waals surface area contributed by atoms with Crippen LogP contribution < -0.4 is 4.90 Å². The number of hydrogen-bond donors (Lipinski definition) is 0. The van der Waals surface area contributed by atoms with Crippen LogP contribution in [0.15, 0.2) is 17.0 Å². The number of Topliss-reactive ketones (excluding diaryl/α,β-unsaturated/α-hetero) is 1. The highest BCUT2D eigenvalue weighted by atomic mass is 79.9. The van der Waals surface area contributed by atoms with Crippen molar-refractivity contribution in [2.24, 2.45) is 0 Å². The van der Waals surface area contributed by atoms with Gasteiger partial charge in [-0.25, -0.2) is 9.97 Å². The summed E-state index contributed by atoms with van der Waals surface area (Å²) in [5.74, 6) is 1.22. The Kier molecular flexibility index (Phi) is 2.77. The van der Waals surface area contributed by atoms with Crippen molar-refractivity contribution in [2.75, 3.05) is 18.0 Å². The van der Waals surface area contributed by atoms with E-state index in [9.17, 15) is 4.79 Å². The largest absolute Gasteiger partial charge is 0.355 e. The Morgan fingerprint density at radius 1 is 1.36 bits per heavy atom. The fraction of sp³-hybridized carbons (Fsp3) is 0.444. The first kappa shape index (κ1) is 9.58. The third-order valence-corrected chi connectivity index (χ3v) is 2.83. The van der Waals surface area contributed by atoms with Gasteiger partial charge in [-0.05, 0) is 15.9 Å². The molecule has 0 saturated carbocycles. The van der Waals surface area contributed by atoms with Gasteiger partial charge in [-0.1, -0.05) is 0 Å². The number of ketones is 1. The second-order valence-electron chi connectivity index (χ2n) is 3.22. The van der Waals surface area contributed by atoms with Crippen LogP contribution in [0, 0.1) is 0 Å². The SMILES string of the molecule is O=C1CCN(c2ncncc2Br)CC1. The van der Waals surface area contributed by atoms with Crippen molar-refractivity contribution in [1.29, 1.82) is 0 Å². The van der Waals surface area contributed by atoms with Crippen LogP contribution in [0.25, 0.3) is 0 Å². The molecule has 1 aromatic rings. The van der Waals surface area contributed by atoms with Gasteiger partial charge in [0.2, 0.25) is 0 Å². The topological polar surface area (TPSA) is 46.1 Å². The number of rotatable bonds is 1. The molecule has 4 nitrogen and oxygen atoms in total. The molecule has 14 heavy (non-hydrogen) atoms. The van der Waals surface area contributed by atoms with Crippen LogP contribution in [0.2, 0.25) is 0 Å². The summed E-state index contributed by atoms with van der Waals surface area (Å²) in [4.78, 5) is 21.2. The van der Waals surface area contributed by atoms with E-state index in [4.69, 9.17) is 0 Å². The number of carbonyl (C=O) groups is 1. The molecule has 0 unspecified atom stereocenters. The Bertz CT molecular complexity index is 346. The first-order valence-electron chi connectivity index (χ1n) is 4.49. The Hall–Kier alpha value is -0.970. The van der Waals surface area contributed by atoms with Crippen molar-refractivity contribution in [2.45, 2.75) is 12.8 Å². The summed E-state index contributed by atoms with van der Waals surface area (Å²) in [7, 11) is 0. The molecule has 1 fully saturated rings. The summed E-state index contributed by atoms with van der Waals surface area (Å²) in [5, 5.41) is 0. The molecule has 0 aromatic carbocycles. The normalized spacial score (nSPS) is 17.2. The maximum absolute atomic E-state index is 11.1. The van der Waals surface area contributed by atoms with Gasteiger partial charge in [0, 0.05) is 32.1 Å². The van der Waals surface area contributed by atoms with Gasteiger partial charge in [-0.15, -0.1) is 0 Å². The second-order valence-corrected chi connectivity index (χ2v) is 4.07. The van der Waals surface area contributed by atoms with Gasteiger partial charge in [-0.3, -0.25) is 4.79 Å². The Labute approximate surface area is 90.5 Å². The Morgan fingerprint density at radius 2 is 2.07 bits per heavy atom. The number of hydrogen-bond acceptors (Lipinski definition) is 4. The molecule has 1 aliphatic rings. The van der Waals surface area contributed by atoms with Gasteiger partial charge in [0.25, 0.3) is 0 Å². The molecule has 0 radical (unpaired) electrons. The standard InChI is InChI=1S/C9H10BrN3O/c10-8-5-11-6-12-9(8)13-3-1-7(14)2-4-13/h5-6H,1-4H2. The van der Waals surface area contributed by atoms with Crippen molar-refractivity contribution in [3.63, 3.8) is 0 Å². The number of nitrogens with zero attached hydrogens (tertiary/aromatic N) is 3. The third-order valence-electron chi connectivity index (χ3n) is 2.27. The minimum Gasteiger partial charge on any atom is -0.355 e. The molecule has 0 atom stereocenters. The van der Waals surface area contributed by atoms with Gasteiger partial charge in [0.05, 0.1) is 4.47 Å². The van der Waals surface area contributed by atoms with Crippen molar-refractivity contribution in [1.82, 2.24) is 9.97 Å². The number of halogens is 1. The van der Waals surface area contributed by atoms with E-state index >= 15 is 0 Å². The van der Waals surface area contributed by atoms with Gasteiger partial charge >= 0.3 is 0 Å². The zero-order valence-corrected chi connectivity index (χ0v) is 9.20. The van der Waals surface area contributed by atoms with Gasteiger partial charge in [0.15, 0.2) is 0 Å². The molecule has 74 valence electrons. The van der Waals surface area contributed by atoms with Gasteiger partial charge in [-0.2, -0.15) is 0 Å². The highest BCUT2D eigenvalue weighted by Gasteiger charge is 2.18. The predicted octanol–water partition coefficient (Wildman–Crippen LogP) is 1.41. The molecular weight excluding hydrogens is 246 g/mol. The summed E-state index contributed by atoms with van der Waals surface area (Å²) in [6.07, 6.45) is 4.49. The van der Waals surface area contributed by atoms with E-state index in [1.807, 2.05) is 0 Å². The van der Waals surface area contributed by atoms with Crippen LogP contribution in [0.5, 0.6) is 0 Å². The quantitative estimate of drug-likeness (QED) is 0.762. The van der Waals surface area contributed by atoms with Crippen LogP contribution in [-0.4, -0.2) is 28.8 Å². The summed E-state index contributed by atoms with van der Waals surface area (Å²) in [6, 6.07) is 0. The van der Waals surface area contributed by atoms with E-state index < -0.39 is 0 Å². The summed E-state index contributed by atoms with van der Waals surface area (Å²) >= 11 is 3.40. The Balaban J connectivity index is 2.16. The minimum absolute atomic E-state index is 0.339. The first-order valence-corrected chi connectivity index (χ1v) is 5.29. The average Bonchev–Trinajstić information content (AvgIpc) is 2.20. The van der Waals surface area contributed by atoms with E-state index in [1.54, 1.807) is 6.20 Å². The lowest BCUT2D eigenvalue weighted by Gasteiger charge is -2.27. The molecule has 0 bridgehead atoms. The number of carbonyl (C=O) groups excluding carboxylic acids is 1. The first-order chi connectivity index (χ1) is 6.77. The fourth-order valence-electron chi connectivity index (χ4n) is 1.51. The predicted molar refractivity (Wildman–Crippen MR) is 56.2 cm³/mol. The molecule has 1 saturated heterocycles. The second kappa shape index (κ2) is 4.04. The van der Waals surface area contributed by atoms with E-state index in [2.05, 4.69) is 30.8 Å². The molecular formula is C9H10BrN3O. The van der Waals surface area contributed by atoms with Crippen LogP contribution in [0.4, 0.5) is 5.82 Å². The number of anilines is 1. The Morgan fingerprint density at radius 3 is 2.71 bits per heavy atom. The van der Waals surface area contributed by atoms with Crippen LogP contribution in [0.1, 0.15) is 12.8 Å². The molecule has 0 N–H and O–H groups in total. The molecule has 1 aromatic heterocycles. The number of aromatic nitrogens is 2. The van der Waals surface area contributed by atoms with Crippen molar-refractivity contribution < 1.29 is 4.79 Å². The van der Waals surface area contributed by atoms with E-state index in [0.29, 0.717) is 18.6 Å². The van der Waals surface area contributed by atoms with Crippen LogP contribution in [-0.2, 0) is 4.79 Å². The maximum atomic E-state index is 11.1. The summed E-state index contributed by atoms with van der Waals surface area (Å²) < 4.78 is 0.884.